The molecule has 18 heavy (non-hydrogen) atoms. The summed E-state index contributed by atoms with van der Waals surface area (Å²) in [6.07, 6.45) is 1.79. The van der Waals surface area contributed by atoms with Crippen LogP contribution in [-0.2, 0) is 6.54 Å². The Kier molecular flexibility index (Phi) is 3.96. The molecule has 0 aliphatic carbocycles. The lowest BCUT2D eigenvalue weighted by molar-refractivity contribution is 1.02. The molecule has 4 heteroatoms. The second-order valence-electron chi connectivity index (χ2n) is 3.93. The van der Waals surface area contributed by atoms with E-state index in [1.54, 1.807) is 12.3 Å². The highest BCUT2D eigenvalue weighted by Gasteiger charge is 2.02. The number of nitriles is 1. The van der Waals surface area contributed by atoms with Gasteiger partial charge in [-0.2, -0.15) is 5.26 Å². The van der Waals surface area contributed by atoms with Crippen molar-refractivity contribution in [1.29, 1.82) is 5.26 Å². The van der Waals surface area contributed by atoms with E-state index in [9.17, 15) is 0 Å². The average Bonchev–Trinajstić information content (AvgIpc) is 2.38. The summed E-state index contributed by atoms with van der Waals surface area (Å²) in [7, 11) is 0. The summed E-state index contributed by atoms with van der Waals surface area (Å²) in [6, 6.07) is 11.7. The van der Waals surface area contributed by atoms with Crippen molar-refractivity contribution in [3.63, 3.8) is 0 Å². The standard InChI is InChI=1S/C14H12BrN3/c1-10-3-2-6-17-14(10)9-18-12-5-4-11(8-16)13(15)7-12/h2-7,18H,9H2,1H3. The molecule has 1 aromatic carbocycles. The summed E-state index contributed by atoms with van der Waals surface area (Å²) < 4.78 is 0.799. The molecule has 2 aromatic rings. The maximum absolute atomic E-state index is 8.84. The number of pyridine rings is 1. The van der Waals surface area contributed by atoms with Gasteiger partial charge in [-0.3, -0.25) is 4.98 Å². The Bertz CT molecular complexity index is 602. The van der Waals surface area contributed by atoms with E-state index in [-0.39, 0.29) is 0 Å². The zero-order valence-electron chi connectivity index (χ0n) is 9.94. The highest BCUT2D eigenvalue weighted by atomic mass is 79.9. The van der Waals surface area contributed by atoms with Crippen molar-refractivity contribution in [1.82, 2.24) is 4.98 Å². The minimum absolute atomic E-state index is 0.634. The molecule has 0 bridgehead atoms. The third kappa shape index (κ3) is 2.88. The van der Waals surface area contributed by atoms with Crippen LogP contribution >= 0.6 is 15.9 Å². The highest BCUT2D eigenvalue weighted by Crippen LogP contribution is 2.21. The third-order valence-electron chi connectivity index (χ3n) is 2.67. The molecule has 0 radical (unpaired) electrons. The number of benzene rings is 1. The summed E-state index contributed by atoms with van der Waals surface area (Å²) in [5.74, 6) is 0. The molecular formula is C14H12BrN3. The molecule has 0 atom stereocenters. The van der Waals surface area contributed by atoms with Crippen molar-refractivity contribution in [2.45, 2.75) is 13.5 Å². The van der Waals surface area contributed by atoms with Crippen LogP contribution in [0.25, 0.3) is 0 Å². The number of hydrogen-bond donors (Lipinski definition) is 1. The number of rotatable bonds is 3. The molecule has 90 valence electrons. The lowest BCUT2D eigenvalue weighted by Crippen LogP contribution is -2.03. The van der Waals surface area contributed by atoms with Crippen LogP contribution in [0.5, 0.6) is 0 Å². The first-order chi connectivity index (χ1) is 8.70. The van der Waals surface area contributed by atoms with Crippen molar-refractivity contribution < 1.29 is 0 Å². The van der Waals surface area contributed by atoms with Gasteiger partial charge in [0, 0.05) is 16.4 Å². The molecule has 1 heterocycles. The SMILES string of the molecule is Cc1cccnc1CNc1ccc(C#N)c(Br)c1. The minimum atomic E-state index is 0.634. The van der Waals surface area contributed by atoms with Crippen molar-refractivity contribution in [3.05, 3.63) is 57.8 Å². The molecule has 1 aromatic heterocycles. The van der Waals surface area contributed by atoms with Crippen molar-refractivity contribution in [3.8, 4) is 6.07 Å². The second-order valence-corrected chi connectivity index (χ2v) is 4.78. The maximum atomic E-state index is 8.84. The molecular weight excluding hydrogens is 290 g/mol. The lowest BCUT2D eigenvalue weighted by atomic mass is 10.2. The second kappa shape index (κ2) is 5.65. The smallest absolute Gasteiger partial charge is 0.100 e. The van der Waals surface area contributed by atoms with E-state index in [1.165, 1.54) is 0 Å². The Morgan fingerprint density at radius 2 is 2.22 bits per heavy atom. The van der Waals surface area contributed by atoms with Crippen molar-refractivity contribution in [2.75, 3.05) is 5.32 Å². The van der Waals surface area contributed by atoms with Crippen molar-refractivity contribution >= 4 is 21.6 Å². The van der Waals surface area contributed by atoms with E-state index in [0.717, 1.165) is 21.4 Å². The van der Waals surface area contributed by atoms with E-state index in [0.29, 0.717) is 12.1 Å². The van der Waals surface area contributed by atoms with Gasteiger partial charge in [0.2, 0.25) is 0 Å². The number of nitrogens with one attached hydrogen (secondary N) is 1. The molecule has 0 aliphatic heterocycles. The number of anilines is 1. The zero-order valence-corrected chi connectivity index (χ0v) is 11.5. The molecule has 0 spiro atoms. The number of hydrogen-bond acceptors (Lipinski definition) is 3. The first kappa shape index (κ1) is 12.6. The number of aromatic nitrogens is 1. The van der Waals surface area contributed by atoms with Crippen LogP contribution in [0.1, 0.15) is 16.8 Å². The van der Waals surface area contributed by atoms with Gasteiger partial charge in [-0.1, -0.05) is 6.07 Å². The maximum Gasteiger partial charge on any atom is 0.100 e. The first-order valence-corrected chi connectivity index (χ1v) is 6.34. The van der Waals surface area contributed by atoms with E-state index in [1.807, 2.05) is 31.2 Å². The molecule has 0 saturated carbocycles. The number of nitrogens with zero attached hydrogens (tertiary/aromatic N) is 2. The number of halogens is 1. The molecule has 1 N–H and O–H groups in total. The topological polar surface area (TPSA) is 48.7 Å². The van der Waals surface area contributed by atoms with Gasteiger partial charge in [-0.25, -0.2) is 0 Å². The molecule has 0 fully saturated rings. The monoisotopic (exact) mass is 301 g/mol. The fraction of sp³-hybridized carbons (Fsp3) is 0.143. The Balaban J connectivity index is 2.10. The first-order valence-electron chi connectivity index (χ1n) is 5.54. The van der Waals surface area contributed by atoms with E-state index >= 15 is 0 Å². The largest absolute Gasteiger partial charge is 0.379 e. The highest BCUT2D eigenvalue weighted by molar-refractivity contribution is 9.10. The molecule has 2 rings (SSSR count). The Morgan fingerprint density at radius 1 is 1.39 bits per heavy atom. The molecule has 0 aliphatic rings. The van der Waals surface area contributed by atoms with Gasteiger partial charge >= 0.3 is 0 Å². The lowest BCUT2D eigenvalue weighted by Gasteiger charge is -2.08. The summed E-state index contributed by atoms with van der Waals surface area (Å²) in [5, 5.41) is 12.1. The van der Waals surface area contributed by atoms with Gasteiger partial charge in [0.15, 0.2) is 0 Å². The van der Waals surface area contributed by atoms with Crippen LogP contribution in [0.2, 0.25) is 0 Å². The predicted molar refractivity (Wildman–Crippen MR) is 75.2 cm³/mol. The molecule has 0 amide bonds. The van der Waals surface area contributed by atoms with Crippen LogP contribution in [0.15, 0.2) is 41.0 Å². The van der Waals surface area contributed by atoms with Gasteiger partial charge < -0.3 is 5.32 Å². The van der Waals surface area contributed by atoms with Crippen LogP contribution in [0, 0.1) is 18.3 Å². The third-order valence-corrected chi connectivity index (χ3v) is 3.32. The average molecular weight is 302 g/mol. The molecule has 0 unspecified atom stereocenters. The summed E-state index contributed by atoms with van der Waals surface area (Å²) in [6.45, 7) is 2.71. The van der Waals surface area contributed by atoms with Gasteiger partial charge in [0.05, 0.1) is 17.8 Å². The van der Waals surface area contributed by atoms with E-state index < -0.39 is 0 Å². The quantitative estimate of drug-likeness (QED) is 0.941. The fourth-order valence-electron chi connectivity index (χ4n) is 1.60. The fourth-order valence-corrected chi connectivity index (χ4v) is 2.07. The van der Waals surface area contributed by atoms with Crippen LogP contribution < -0.4 is 5.32 Å². The Labute approximate surface area is 115 Å². The van der Waals surface area contributed by atoms with Crippen LogP contribution in [-0.4, -0.2) is 4.98 Å². The van der Waals surface area contributed by atoms with Gasteiger partial charge in [-0.15, -0.1) is 0 Å². The van der Waals surface area contributed by atoms with Crippen LogP contribution in [0.3, 0.4) is 0 Å². The van der Waals surface area contributed by atoms with Gasteiger partial charge in [0.1, 0.15) is 6.07 Å². The normalized spacial score (nSPS) is 9.83. The van der Waals surface area contributed by atoms with E-state index in [4.69, 9.17) is 5.26 Å². The number of aryl methyl sites for hydroxylation is 1. The summed E-state index contributed by atoms with van der Waals surface area (Å²) in [4.78, 5) is 4.32. The Morgan fingerprint density at radius 3 is 2.89 bits per heavy atom. The zero-order chi connectivity index (χ0) is 13.0. The summed E-state index contributed by atoms with van der Waals surface area (Å²) >= 11 is 3.37. The Hall–Kier alpha value is -1.86. The van der Waals surface area contributed by atoms with E-state index in [2.05, 4.69) is 32.3 Å². The molecule has 0 saturated heterocycles. The molecule has 3 nitrogen and oxygen atoms in total. The van der Waals surface area contributed by atoms with Crippen LogP contribution in [0.4, 0.5) is 5.69 Å². The summed E-state index contributed by atoms with van der Waals surface area (Å²) in [5.41, 5.74) is 3.79. The van der Waals surface area contributed by atoms with Gasteiger partial charge in [-0.05, 0) is 52.7 Å². The minimum Gasteiger partial charge on any atom is -0.379 e. The predicted octanol–water partition coefficient (Wildman–Crippen LogP) is 3.64. The van der Waals surface area contributed by atoms with Crippen molar-refractivity contribution in [2.24, 2.45) is 0 Å². The van der Waals surface area contributed by atoms with Gasteiger partial charge in [0.25, 0.3) is 0 Å².